The van der Waals surface area contributed by atoms with Gasteiger partial charge in [-0.15, -0.1) is 0 Å². The van der Waals surface area contributed by atoms with E-state index in [9.17, 15) is 9.59 Å². The van der Waals surface area contributed by atoms with Crippen molar-refractivity contribution in [3.05, 3.63) is 0 Å². The van der Waals surface area contributed by atoms with Crippen LogP contribution in [0.1, 0.15) is 32.6 Å². The number of thioether (sulfide) groups is 1. The highest BCUT2D eigenvalue weighted by Crippen LogP contribution is 2.28. The summed E-state index contributed by atoms with van der Waals surface area (Å²) in [6, 6.07) is 0.0936. The second-order valence-corrected chi connectivity index (χ2v) is 5.56. The van der Waals surface area contributed by atoms with Crippen molar-refractivity contribution in [2.24, 2.45) is 0 Å². The molecular weight excluding hydrogens is 252 g/mol. The van der Waals surface area contributed by atoms with Gasteiger partial charge in [-0.3, -0.25) is 4.79 Å². The highest BCUT2D eigenvalue weighted by molar-refractivity contribution is 7.99. The number of urea groups is 1. The number of carbonyl (C=O) groups excluding carboxylic acids is 1. The zero-order chi connectivity index (χ0) is 13.5. The lowest BCUT2D eigenvalue weighted by atomic mass is 10.2. The molecule has 0 radical (unpaired) electrons. The first-order valence-electron chi connectivity index (χ1n) is 6.38. The van der Waals surface area contributed by atoms with Crippen molar-refractivity contribution in [3.8, 4) is 0 Å². The van der Waals surface area contributed by atoms with E-state index >= 15 is 0 Å². The predicted octanol–water partition coefficient (Wildman–Crippen LogP) is 1.78. The van der Waals surface area contributed by atoms with Gasteiger partial charge in [0.2, 0.25) is 0 Å². The summed E-state index contributed by atoms with van der Waals surface area (Å²) < 4.78 is 0. The van der Waals surface area contributed by atoms with Crippen LogP contribution in [0.2, 0.25) is 0 Å². The molecule has 2 N–H and O–H groups in total. The van der Waals surface area contributed by atoms with Crippen LogP contribution in [-0.4, -0.2) is 52.6 Å². The van der Waals surface area contributed by atoms with Gasteiger partial charge < -0.3 is 15.3 Å². The second kappa shape index (κ2) is 7.51. The summed E-state index contributed by atoms with van der Waals surface area (Å²) >= 11 is 1.79. The Hall–Kier alpha value is -0.910. The fourth-order valence-corrected chi connectivity index (χ4v) is 3.19. The number of nitrogens with zero attached hydrogens (tertiary/aromatic N) is 1. The van der Waals surface area contributed by atoms with E-state index in [2.05, 4.69) is 11.6 Å². The molecule has 18 heavy (non-hydrogen) atoms. The Kier molecular flexibility index (Phi) is 6.32. The molecule has 104 valence electrons. The number of amides is 2. The third-order valence-electron chi connectivity index (χ3n) is 3.33. The maximum atomic E-state index is 12.0. The summed E-state index contributed by atoms with van der Waals surface area (Å²) in [7, 11) is 0. The zero-order valence-corrected chi connectivity index (χ0v) is 11.8. The molecule has 2 unspecified atom stereocenters. The van der Waals surface area contributed by atoms with E-state index in [1.165, 1.54) is 0 Å². The van der Waals surface area contributed by atoms with E-state index in [4.69, 9.17) is 5.11 Å². The minimum Gasteiger partial charge on any atom is -0.481 e. The molecule has 0 spiro atoms. The quantitative estimate of drug-likeness (QED) is 0.774. The van der Waals surface area contributed by atoms with Crippen molar-refractivity contribution < 1.29 is 14.7 Å². The van der Waals surface area contributed by atoms with Gasteiger partial charge in [-0.25, -0.2) is 4.79 Å². The number of hydrogen-bond acceptors (Lipinski definition) is 3. The molecule has 2 amide bonds. The topological polar surface area (TPSA) is 69.6 Å². The van der Waals surface area contributed by atoms with Gasteiger partial charge in [-0.05, 0) is 26.0 Å². The average Bonchev–Trinajstić information content (AvgIpc) is 2.76. The Morgan fingerprint density at radius 2 is 2.17 bits per heavy atom. The van der Waals surface area contributed by atoms with Gasteiger partial charge in [0.15, 0.2) is 0 Å². The molecule has 0 heterocycles. The molecule has 5 nitrogen and oxygen atoms in total. The largest absolute Gasteiger partial charge is 0.481 e. The van der Waals surface area contributed by atoms with E-state index in [0.29, 0.717) is 11.8 Å². The minimum atomic E-state index is -0.871. The van der Waals surface area contributed by atoms with Crippen molar-refractivity contribution in [2.45, 2.75) is 43.9 Å². The monoisotopic (exact) mass is 274 g/mol. The zero-order valence-electron chi connectivity index (χ0n) is 11.0. The Balaban J connectivity index is 2.43. The first kappa shape index (κ1) is 15.1. The third kappa shape index (κ3) is 4.40. The highest BCUT2D eigenvalue weighted by Gasteiger charge is 2.28. The van der Waals surface area contributed by atoms with Crippen molar-refractivity contribution in [2.75, 3.05) is 19.3 Å². The van der Waals surface area contributed by atoms with Crippen LogP contribution >= 0.6 is 11.8 Å². The number of hydrogen-bond donors (Lipinski definition) is 2. The lowest BCUT2D eigenvalue weighted by molar-refractivity contribution is -0.137. The molecule has 1 aliphatic rings. The van der Waals surface area contributed by atoms with Gasteiger partial charge >= 0.3 is 12.0 Å². The van der Waals surface area contributed by atoms with E-state index in [0.717, 1.165) is 19.3 Å². The molecule has 1 aliphatic carbocycles. The van der Waals surface area contributed by atoms with Crippen molar-refractivity contribution >= 4 is 23.8 Å². The normalized spacial score (nSPS) is 22.8. The molecular formula is C12H22N2O3S. The Morgan fingerprint density at radius 1 is 1.44 bits per heavy atom. The minimum absolute atomic E-state index is 0.00210. The SMILES string of the molecule is CCN(CCC(=O)O)C(=O)NC1CCCC1SC. The molecule has 0 aliphatic heterocycles. The summed E-state index contributed by atoms with van der Waals surface area (Å²) in [6.45, 7) is 2.67. The lowest BCUT2D eigenvalue weighted by Crippen LogP contribution is -2.47. The Bertz CT molecular complexity index is 299. The fraction of sp³-hybridized carbons (Fsp3) is 0.833. The average molecular weight is 274 g/mol. The van der Waals surface area contributed by atoms with Crippen LogP contribution in [0.3, 0.4) is 0 Å². The predicted molar refractivity (Wildman–Crippen MR) is 73.0 cm³/mol. The smallest absolute Gasteiger partial charge is 0.317 e. The standard InChI is InChI=1S/C12H22N2O3S/c1-3-14(8-7-11(15)16)12(17)13-9-5-4-6-10(9)18-2/h9-10H,3-8H2,1-2H3,(H,13,17)(H,15,16). The van der Waals surface area contributed by atoms with Crippen molar-refractivity contribution in [3.63, 3.8) is 0 Å². The van der Waals surface area contributed by atoms with E-state index in [1.807, 2.05) is 6.92 Å². The number of carboxylic acid groups (broad SMARTS) is 1. The molecule has 0 bridgehead atoms. The van der Waals surface area contributed by atoms with Crippen LogP contribution in [-0.2, 0) is 4.79 Å². The van der Waals surface area contributed by atoms with Crippen LogP contribution in [0.25, 0.3) is 0 Å². The number of nitrogens with one attached hydrogen (secondary N) is 1. The highest BCUT2D eigenvalue weighted by atomic mass is 32.2. The molecule has 1 saturated carbocycles. The van der Waals surface area contributed by atoms with Crippen molar-refractivity contribution in [1.29, 1.82) is 0 Å². The number of carbonyl (C=O) groups is 2. The molecule has 0 saturated heterocycles. The summed E-state index contributed by atoms with van der Waals surface area (Å²) in [5, 5.41) is 12.2. The van der Waals surface area contributed by atoms with Gasteiger partial charge in [0.25, 0.3) is 0 Å². The lowest BCUT2D eigenvalue weighted by Gasteiger charge is -2.25. The van der Waals surface area contributed by atoms with Crippen LogP contribution in [0, 0.1) is 0 Å². The van der Waals surface area contributed by atoms with Gasteiger partial charge in [-0.2, -0.15) is 11.8 Å². The Labute approximate surface area is 112 Å². The van der Waals surface area contributed by atoms with E-state index < -0.39 is 5.97 Å². The van der Waals surface area contributed by atoms with Crippen LogP contribution in [0.15, 0.2) is 0 Å². The fourth-order valence-electron chi connectivity index (χ4n) is 2.26. The maximum Gasteiger partial charge on any atom is 0.317 e. The van der Waals surface area contributed by atoms with Crippen LogP contribution in [0.5, 0.6) is 0 Å². The third-order valence-corrected chi connectivity index (χ3v) is 4.50. The molecule has 1 rings (SSSR count). The van der Waals surface area contributed by atoms with E-state index in [-0.39, 0.29) is 25.0 Å². The summed E-state index contributed by atoms with van der Waals surface area (Å²) in [4.78, 5) is 24.1. The van der Waals surface area contributed by atoms with Gasteiger partial charge in [0, 0.05) is 24.4 Å². The second-order valence-electron chi connectivity index (χ2n) is 4.48. The van der Waals surface area contributed by atoms with Crippen molar-refractivity contribution in [1.82, 2.24) is 10.2 Å². The van der Waals surface area contributed by atoms with E-state index in [1.54, 1.807) is 16.7 Å². The molecule has 0 aromatic carbocycles. The summed E-state index contributed by atoms with van der Waals surface area (Å²) in [6.07, 6.45) is 5.38. The maximum absolute atomic E-state index is 12.0. The summed E-state index contributed by atoms with van der Waals surface area (Å²) in [5.74, 6) is -0.871. The van der Waals surface area contributed by atoms with Gasteiger partial charge in [0.1, 0.15) is 0 Å². The van der Waals surface area contributed by atoms with Gasteiger partial charge in [0.05, 0.1) is 6.42 Å². The van der Waals surface area contributed by atoms with Gasteiger partial charge in [-0.1, -0.05) is 6.42 Å². The molecule has 1 fully saturated rings. The number of rotatable bonds is 6. The molecule has 0 aromatic heterocycles. The molecule has 2 atom stereocenters. The first-order chi connectivity index (χ1) is 8.58. The summed E-state index contributed by atoms with van der Waals surface area (Å²) in [5.41, 5.74) is 0. The number of carboxylic acids is 1. The number of aliphatic carboxylic acids is 1. The van der Waals surface area contributed by atoms with Crippen LogP contribution < -0.4 is 5.32 Å². The Morgan fingerprint density at radius 3 is 2.72 bits per heavy atom. The molecule has 6 heteroatoms. The first-order valence-corrected chi connectivity index (χ1v) is 7.67. The molecule has 0 aromatic rings. The van der Waals surface area contributed by atoms with Crippen LogP contribution in [0.4, 0.5) is 4.79 Å².